The Kier molecular flexibility index (Phi) is 4.13. The summed E-state index contributed by atoms with van der Waals surface area (Å²) in [4.78, 5) is 21.1. The smallest absolute Gasteiger partial charge is 0.353 e. The fourth-order valence-electron chi connectivity index (χ4n) is 2.09. The molecule has 1 saturated carbocycles. The van der Waals surface area contributed by atoms with Crippen LogP contribution in [0, 0.1) is 10.1 Å². The van der Waals surface area contributed by atoms with Crippen molar-refractivity contribution in [2.24, 2.45) is 0 Å². The summed E-state index contributed by atoms with van der Waals surface area (Å²) in [7, 11) is 0. The molecule has 1 fully saturated rings. The van der Waals surface area contributed by atoms with Crippen LogP contribution < -0.4 is 10.2 Å². The Morgan fingerprint density at radius 3 is 2.74 bits per heavy atom. The van der Waals surface area contributed by atoms with Crippen molar-refractivity contribution in [3.05, 3.63) is 16.4 Å². The fraction of sp³-hybridized carbons (Fsp3) is 0.667. The summed E-state index contributed by atoms with van der Waals surface area (Å²) in [5.74, 6) is 0.750. The molecule has 1 aromatic heterocycles. The second kappa shape index (κ2) is 5.81. The predicted molar refractivity (Wildman–Crippen MR) is 73.5 cm³/mol. The van der Waals surface area contributed by atoms with Crippen LogP contribution in [0.5, 0.6) is 0 Å². The van der Waals surface area contributed by atoms with Gasteiger partial charge in [0.1, 0.15) is 6.33 Å². The first-order chi connectivity index (χ1) is 9.19. The zero-order valence-corrected chi connectivity index (χ0v) is 11.3. The van der Waals surface area contributed by atoms with Crippen molar-refractivity contribution in [3.8, 4) is 0 Å². The van der Waals surface area contributed by atoms with Gasteiger partial charge < -0.3 is 10.2 Å². The number of nitro groups is 1. The molecule has 1 heterocycles. The maximum absolute atomic E-state index is 11.3. The van der Waals surface area contributed by atoms with Gasteiger partial charge in [-0.1, -0.05) is 6.92 Å². The third-order valence-corrected chi connectivity index (χ3v) is 3.13. The van der Waals surface area contributed by atoms with E-state index in [1.165, 1.54) is 6.33 Å². The topological polar surface area (TPSA) is 84.2 Å². The molecule has 0 aromatic carbocycles. The molecule has 0 aliphatic heterocycles. The van der Waals surface area contributed by atoms with Gasteiger partial charge in [0.15, 0.2) is 0 Å². The molecule has 19 heavy (non-hydrogen) atoms. The van der Waals surface area contributed by atoms with Gasteiger partial charge in [0.05, 0.1) is 4.92 Å². The molecule has 1 aliphatic carbocycles. The predicted octanol–water partition coefficient (Wildman–Crippen LogP) is 2.20. The summed E-state index contributed by atoms with van der Waals surface area (Å²) in [5.41, 5.74) is -0.00954. The standard InChI is InChI=1S/C12H19N5O2/c1-3-7-13-11-10(17(18)19)12(15-8-14-11)16(4-2)9-5-6-9/h8-9H,3-7H2,1-2H3,(H,13,14,15). The Hall–Kier alpha value is -1.92. The van der Waals surface area contributed by atoms with Crippen LogP contribution in [0.3, 0.4) is 0 Å². The van der Waals surface area contributed by atoms with E-state index in [1.54, 1.807) is 0 Å². The van der Waals surface area contributed by atoms with Gasteiger partial charge >= 0.3 is 5.69 Å². The zero-order chi connectivity index (χ0) is 13.8. The van der Waals surface area contributed by atoms with E-state index in [9.17, 15) is 10.1 Å². The van der Waals surface area contributed by atoms with Gasteiger partial charge in [0.2, 0.25) is 11.6 Å². The summed E-state index contributed by atoms with van der Waals surface area (Å²) >= 11 is 0. The molecule has 1 aromatic rings. The summed E-state index contributed by atoms with van der Waals surface area (Å²) in [5, 5.41) is 14.3. The van der Waals surface area contributed by atoms with E-state index in [0.717, 1.165) is 25.8 Å². The zero-order valence-electron chi connectivity index (χ0n) is 11.3. The van der Waals surface area contributed by atoms with Gasteiger partial charge in [0.25, 0.3) is 0 Å². The van der Waals surface area contributed by atoms with E-state index in [1.807, 2.05) is 18.7 Å². The quantitative estimate of drug-likeness (QED) is 0.601. The lowest BCUT2D eigenvalue weighted by molar-refractivity contribution is -0.383. The normalized spacial score (nSPS) is 14.2. The van der Waals surface area contributed by atoms with Crippen molar-refractivity contribution in [3.63, 3.8) is 0 Å². The lowest BCUT2D eigenvalue weighted by atomic mass is 10.3. The minimum atomic E-state index is -0.391. The molecule has 0 spiro atoms. The third-order valence-electron chi connectivity index (χ3n) is 3.13. The van der Waals surface area contributed by atoms with Crippen molar-refractivity contribution in [1.82, 2.24) is 9.97 Å². The first-order valence-electron chi connectivity index (χ1n) is 6.68. The van der Waals surface area contributed by atoms with Crippen molar-refractivity contribution in [1.29, 1.82) is 0 Å². The number of nitrogens with one attached hydrogen (secondary N) is 1. The Morgan fingerprint density at radius 1 is 1.47 bits per heavy atom. The van der Waals surface area contributed by atoms with Gasteiger partial charge in [-0.05, 0) is 26.2 Å². The molecule has 1 aliphatic rings. The molecule has 0 bridgehead atoms. The maximum atomic E-state index is 11.3. The van der Waals surface area contributed by atoms with Crippen molar-refractivity contribution >= 4 is 17.3 Å². The first-order valence-corrected chi connectivity index (χ1v) is 6.68. The molecule has 0 amide bonds. The van der Waals surface area contributed by atoms with Crippen LogP contribution in [0.1, 0.15) is 33.1 Å². The van der Waals surface area contributed by atoms with Gasteiger partial charge in [-0.25, -0.2) is 9.97 Å². The molecule has 104 valence electrons. The Morgan fingerprint density at radius 2 is 2.21 bits per heavy atom. The number of nitrogens with zero attached hydrogens (tertiary/aromatic N) is 4. The average molecular weight is 265 g/mol. The molecule has 7 nitrogen and oxygen atoms in total. The fourth-order valence-corrected chi connectivity index (χ4v) is 2.09. The Balaban J connectivity index is 2.38. The lowest BCUT2D eigenvalue weighted by Gasteiger charge is -2.21. The monoisotopic (exact) mass is 265 g/mol. The number of anilines is 2. The molecule has 7 heteroatoms. The van der Waals surface area contributed by atoms with E-state index < -0.39 is 4.92 Å². The van der Waals surface area contributed by atoms with E-state index in [-0.39, 0.29) is 5.69 Å². The number of aromatic nitrogens is 2. The van der Waals surface area contributed by atoms with Crippen LogP contribution in [-0.4, -0.2) is 34.0 Å². The second-order valence-corrected chi connectivity index (χ2v) is 4.60. The highest BCUT2D eigenvalue weighted by Crippen LogP contribution is 2.37. The number of hydrogen-bond donors (Lipinski definition) is 1. The average Bonchev–Trinajstić information content (AvgIpc) is 3.21. The summed E-state index contributed by atoms with van der Waals surface area (Å²) in [6.45, 7) is 5.37. The van der Waals surface area contributed by atoms with E-state index >= 15 is 0 Å². The van der Waals surface area contributed by atoms with Gasteiger partial charge in [0, 0.05) is 19.1 Å². The highest BCUT2D eigenvalue weighted by atomic mass is 16.6. The third kappa shape index (κ3) is 2.91. The SMILES string of the molecule is CCCNc1ncnc(N(CC)C2CC2)c1[N+](=O)[O-]. The van der Waals surface area contributed by atoms with Gasteiger partial charge in [-0.2, -0.15) is 0 Å². The highest BCUT2D eigenvalue weighted by Gasteiger charge is 2.34. The molecular formula is C12H19N5O2. The van der Waals surface area contributed by atoms with Crippen LogP contribution in [0.15, 0.2) is 6.33 Å². The van der Waals surface area contributed by atoms with Gasteiger partial charge in [-0.3, -0.25) is 10.1 Å². The highest BCUT2D eigenvalue weighted by molar-refractivity contribution is 5.70. The van der Waals surface area contributed by atoms with Crippen LogP contribution in [0.2, 0.25) is 0 Å². The number of rotatable bonds is 7. The van der Waals surface area contributed by atoms with E-state index in [0.29, 0.717) is 24.2 Å². The summed E-state index contributed by atoms with van der Waals surface area (Å²) < 4.78 is 0. The molecule has 0 radical (unpaired) electrons. The Bertz CT molecular complexity index is 461. The summed E-state index contributed by atoms with van der Waals surface area (Å²) in [6, 6.07) is 0.387. The molecule has 0 unspecified atom stereocenters. The Labute approximate surface area is 112 Å². The summed E-state index contributed by atoms with van der Waals surface area (Å²) in [6.07, 6.45) is 4.43. The lowest BCUT2D eigenvalue weighted by Crippen LogP contribution is -2.27. The number of hydrogen-bond acceptors (Lipinski definition) is 6. The first kappa shape index (κ1) is 13.5. The van der Waals surface area contributed by atoms with Crippen LogP contribution in [-0.2, 0) is 0 Å². The van der Waals surface area contributed by atoms with Crippen LogP contribution in [0.25, 0.3) is 0 Å². The second-order valence-electron chi connectivity index (χ2n) is 4.60. The molecule has 1 N–H and O–H groups in total. The van der Waals surface area contributed by atoms with Crippen LogP contribution >= 0.6 is 0 Å². The van der Waals surface area contributed by atoms with E-state index in [2.05, 4.69) is 15.3 Å². The minimum absolute atomic E-state index is 0.00954. The van der Waals surface area contributed by atoms with Crippen molar-refractivity contribution in [2.45, 2.75) is 39.2 Å². The van der Waals surface area contributed by atoms with E-state index in [4.69, 9.17) is 0 Å². The largest absolute Gasteiger partial charge is 0.364 e. The van der Waals surface area contributed by atoms with Gasteiger partial charge in [-0.15, -0.1) is 0 Å². The van der Waals surface area contributed by atoms with Crippen molar-refractivity contribution < 1.29 is 4.92 Å². The molecule has 0 atom stereocenters. The maximum Gasteiger partial charge on any atom is 0.353 e. The molecular weight excluding hydrogens is 246 g/mol. The molecule has 2 rings (SSSR count). The molecule has 0 saturated heterocycles. The minimum Gasteiger partial charge on any atom is -0.364 e. The van der Waals surface area contributed by atoms with Crippen LogP contribution in [0.4, 0.5) is 17.3 Å². The van der Waals surface area contributed by atoms with Crippen molar-refractivity contribution in [2.75, 3.05) is 23.3 Å².